The number of carbonyl (C=O) groups excluding carboxylic acids is 4. The van der Waals surface area contributed by atoms with Crippen LogP contribution >= 0.6 is 0 Å². The van der Waals surface area contributed by atoms with Crippen LogP contribution in [0.25, 0.3) is 0 Å². The Morgan fingerprint density at radius 3 is 1.40 bits per heavy atom. The molecule has 24 N–H and O–H groups in total. The van der Waals surface area contributed by atoms with E-state index in [-0.39, 0.29) is 39.1 Å². The van der Waals surface area contributed by atoms with Crippen LogP contribution in [0.4, 0.5) is 19.2 Å². The van der Waals surface area contributed by atoms with Crippen molar-refractivity contribution in [3.63, 3.8) is 0 Å². The van der Waals surface area contributed by atoms with Crippen molar-refractivity contribution in [2.45, 2.75) is 67.5 Å². The van der Waals surface area contributed by atoms with E-state index in [1.807, 2.05) is 0 Å². The number of rotatable bonds is 27. The van der Waals surface area contributed by atoms with Gasteiger partial charge in [-0.2, -0.15) is 0 Å². The SMILES string of the molecule is NCCNCCNC(=O)NCC1OC(OC2C(NC(=O)NCCNCCN)CC(NC(=O)NCCNCCN)C(O)C2O)C(NC(=O)NCCNCCN)C(O)C1O. The second-order valence-corrected chi connectivity index (χ2v) is 13.6. The maximum absolute atomic E-state index is 13.1. The number of hydrogen-bond acceptors (Lipinski definition) is 18. The van der Waals surface area contributed by atoms with Crippen LogP contribution in [0.2, 0.25) is 0 Å². The van der Waals surface area contributed by atoms with Gasteiger partial charge in [0.15, 0.2) is 6.29 Å². The number of urea groups is 4. The molecule has 1 saturated heterocycles. The van der Waals surface area contributed by atoms with Crippen molar-refractivity contribution >= 4 is 24.1 Å². The van der Waals surface area contributed by atoms with Crippen molar-refractivity contribution < 1.29 is 49.1 Å². The van der Waals surface area contributed by atoms with Gasteiger partial charge < -0.3 is 117 Å². The van der Waals surface area contributed by atoms with Gasteiger partial charge in [0.1, 0.15) is 42.7 Å². The molecule has 1 saturated carbocycles. The Balaban J connectivity index is 2.30. The molecular weight excluding hydrogens is 768 g/mol. The standard InChI is InChI=1S/C32H70N16O10/c33-1-5-37-9-13-41-29(53)45-18-21-24(50)25(51)22(48-32(56)44-16-12-40-8-4-36)28(57-21)58-27-20(47-31(55)43-15-11-39-7-3-35)17-19(23(49)26(27)52)46-30(54)42-14-10-38-6-2-34/h19-28,37-40,49-52H,1-18,33-36H2,(H2,41,45,53)(H2,42,46,54)(H2,43,47,55)(H2,44,48,56). The number of hydrogen-bond donors (Lipinski definition) is 20. The predicted molar refractivity (Wildman–Crippen MR) is 212 cm³/mol. The van der Waals surface area contributed by atoms with Gasteiger partial charge in [0.2, 0.25) is 0 Å². The Morgan fingerprint density at radius 2 is 0.931 bits per heavy atom. The second-order valence-electron chi connectivity index (χ2n) is 13.6. The molecule has 0 aromatic heterocycles. The summed E-state index contributed by atoms with van der Waals surface area (Å²) >= 11 is 0. The van der Waals surface area contributed by atoms with Gasteiger partial charge in [0, 0.05) is 111 Å². The minimum Gasteiger partial charge on any atom is -0.388 e. The van der Waals surface area contributed by atoms with Crippen molar-refractivity contribution in [1.29, 1.82) is 0 Å². The third-order valence-corrected chi connectivity index (χ3v) is 9.02. The van der Waals surface area contributed by atoms with E-state index in [1.165, 1.54) is 0 Å². The van der Waals surface area contributed by atoms with E-state index >= 15 is 0 Å². The molecule has 1 aliphatic carbocycles. The molecule has 0 radical (unpaired) electrons. The molecule has 1 heterocycles. The number of aliphatic hydroxyl groups is 4. The summed E-state index contributed by atoms with van der Waals surface area (Å²) in [7, 11) is 0. The van der Waals surface area contributed by atoms with Gasteiger partial charge >= 0.3 is 24.1 Å². The van der Waals surface area contributed by atoms with Gasteiger partial charge in [0.05, 0.1) is 12.1 Å². The van der Waals surface area contributed by atoms with E-state index in [1.54, 1.807) is 0 Å². The molecule has 338 valence electrons. The largest absolute Gasteiger partial charge is 0.388 e. The Labute approximate surface area is 338 Å². The molecule has 0 spiro atoms. The molecule has 2 rings (SSSR count). The first-order valence-corrected chi connectivity index (χ1v) is 19.8. The van der Waals surface area contributed by atoms with Crippen LogP contribution in [0.3, 0.4) is 0 Å². The van der Waals surface area contributed by atoms with Crippen LogP contribution in [0.15, 0.2) is 0 Å². The Morgan fingerprint density at radius 1 is 0.500 bits per heavy atom. The molecule has 2 fully saturated rings. The van der Waals surface area contributed by atoms with Crippen molar-refractivity contribution in [2.75, 3.05) is 111 Å². The molecule has 8 amide bonds. The second kappa shape index (κ2) is 29.7. The Bertz CT molecular complexity index is 1170. The van der Waals surface area contributed by atoms with E-state index < -0.39 is 85.2 Å². The third kappa shape index (κ3) is 19.1. The summed E-state index contributed by atoms with van der Waals surface area (Å²) in [6, 6.07) is -6.37. The highest BCUT2D eigenvalue weighted by atomic mass is 16.7. The Kier molecular flexibility index (Phi) is 25.9. The molecule has 26 heteroatoms. The highest BCUT2D eigenvalue weighted by Gasteiger charge is 2.51. The minimum absolute atomic E-state index is 0.155. The van der Waals surface area contributed by atoms with Crippen LogP contribution in [0, 0.1) is 0 Å². The van der Waals surface area contributed by atoms with Gasteiger partial charge in [-0.05, 0) is 6.42 Å². The lowest BCUT2D eigenvalue weighted by Crippen LogP contribution is -2.70. The lowest BCUT2D eigenvalue weighted by atomic mass is 9.83. The van der Waals surface area contributed by atoms with Crippen LogP contribution < -0.4 is 86.7 Å². The molecule has 10 atom stereocenters. The zero-order chi connectivity index (χ0) is 42.7. The van der Waals surface area contributed by atoms with Crippen LogP contribution in [-0.2, 0) is 9.47 Å². The number of nitrogens with two attached hydrogens (primary N) is 4. The number of amides is 8. The summed E-state index contributed by atoms with van der Waals surface area (Å²) in [5, 5.41) is 78.3. The summed E-state index contributed by atoms with van der Waals surface area (Å²) in [6.07, 6.45) is -11.4. The normalized spacial score (nSPS) is 26.9. The highest BCUT2D eigenvalue weighted by molar-refractivity contribution is 5.76. The summed E-state index contributed by atoms with van der Waals surface area (Å²) in [5.41, 5.74) is 21.9. The smallest absolute Gasteiger partial charge is 0.315 e. The van der Waals surface area contributed by atoms with E-state index in [0.717, 1.165) is 0 Å². The maximum Gasteiger partial charge on any atom is 0.315 e. The minimum atomic E-state index is -1.78. The topological polar surface area (TPSA) is 416 Å². The highest BCUT2D eigenvalue weighted by Crippen LogP contribution is 2.29. The molecule has 10 unspecified atom stereocenters. The number of ether oxygens (including phenoxy) is 2. The van der Waals surface area contributed by atoms with Crippen molar-refractivity contribution in [3.8, 4) is 0 Å². The third-order valence-electron chi connectivity index (χ3n) is 9.02. The lowest BCUT2D eigenvalue weighted by Gasteiger charge is -2.48. The van der Waals surface area contributed by atoms with Gasteiger partial charge in [-0.25, -0.2) is 19.2 Å². The van der Waals surface area contributed by atoms with Crippen LogP contribution in [-0.4, -0.2) is 217 Å². The van der Waals surface area contributed by atoms with Crippen molar-refractivity contribution in [2.24, 2.45) is 22.9 Å². The van der Waals surface area contributed by atoms with Crippen LogP contribution in [0.5, 0.6) is 0 Å². The Hall–Kier alpha value is -3.48. The summed E-state index contributed by atoms with van der Waals surface area (Å²) in [5.74, 6) is 0. The number of carbonyl (C=O) groups is 4. The van der Waals surface area contributed by atoms with Crippen LogP contribution in [0.1, 0.15) is 6.42 Å². The first-order chi connectivity index (χ1) is 28.0. The fourth-order valence-electron chi connectivity index (χ4n) is 6.07. The molecule has 58 heavy (non-hydrogen) atoms. The molecular formula is C32H70N16O10. The zero-order valence-electron chi connectivity index (χ0n) is 33.0. The monoisotopic (exact) mass is 839 g/mol. The van der Waals surface area contributed by atoms with Gasteiger partial charge in [-0.3, -0.25) is 0 Å². The van der Waals surface area contributed by atoms with E-state index in [4.69, 9.17) is 32.4 Å². The predicted octanol–water partition coefficient (Wildman–Crippen LogP) is -9.56. The van der Waals surface area contributed by atoms with Gasteiger partial charge in [-0.15, -0.1) is 0 Å². The van der Waals surface area contributed by atoms with Gasteiger partial charge in [-0.1, -0.05) is 0 Å². The summed E-state index contributed by atoms with van der Waals surface area (Å²) in [6.45, 7) is 5.94. The van der Waals surface area contributed by atoms with Crippen molar-refractivity contribution in [3.05, 3.63) is 0 Å². The fourth-order valence-corrected chi connectivity index (χ4v) is 6.07. The maximum atomic E-state index is 13.1. The summed E-state index contributed by atoms with van der Waals surface area (Å²) in [4.78, 5) is 51.3. The molecule has 0 aromatic rings. The molecule has 2 aliphatic rings. The molecule has 0 aromatic carbocycles. The lowest BCUT2D eigenvalue weighted by molar-refractivity contribution is -0.292. The molecule has 0 bridgehead atoms. The summed E-state index contributed by atoms with van der Waals surface area (Å²) < 4.78 is 12.3. The van der Waals surface area contributed by atoms with Gasteiger partial charge in [0.25, 0.3) is 0 Å². The zero-order valence-corrected chi connectivity index (χ0v) is 33.0. The van der Waals surface area contributed by atoms with Crippen molar-refractivity contribution in [1.82, 2.24) is 63.8 Å². The average Bonchev–Trinajstić information content (AvgIpc) is 3.20. The molecule has 1 aliphatic heterocycles. The number of aliphatic hydroxyl groups excluding tert-OH is 4. The average molecular weight is 839 g/mol. The number of nitrogens with one attached hydrogen (secondary N) is 12. The first kappa shape index (κ1) is 50.7. The first-order valence-electron chi connectivity index (χ1n) is 19.8. The molecule has 26 nitrogen and oxygen atoms in total. The van der Waals surface area contributed by atoms with E-state index in [2.05, 4.69) is 63.8 Å². The van der Waals surface area contributed by atoms with E-state index in [0.29, 0.717) is 78.5 Å². The fraction of sp³-hybridized carbons (Fsp3) is 0.875. The quantitative estimate of drug-likeness (QED) is 0.0342. The van der Waals surface area contributed by atoms with E-state index in [9.17, 15) is 39.6 Å².